The van der Waals surface area contributed by atoms with Gasteiger partial charge in [0.15, 0.2) is 5.65 Å². The highest BCUT2D eigenvalue weighted by Gasteiger charge is 2.34. The Kier molecular flexibility index (Phi) is 5.28. The van der Waals surface area contributed by atoms with Gasteiger partial charge >= 0.3 is 5.97 Å². The van der Waals surface area contributed by atoms with Crippen molar-refractivity contribution in [3.8, 4) is 5.13 Å². The van der Waals surface area contributed by atoms with Crippen LogP contribution < -0.4 is 16.1 Å². The fourth-order valence-electron chi connectivity index (χ4n) is 4.00. The number of carboxylic acids is 1. The third-order valence-electron chi connectivity index (χ3n) is 5.77. The number of fused-ring (bicyclic) bond motifs is 1. The molecule has 0 bridgehead atoms. The molecular formula is C22H19N7O4S. The number of aryl methyl sites for hydroxylation is 1. The van der Waals surface area contributed by atoms with E-state index in [0.29, 0.717) is 46.8 Å². The normalized spacial score (nSPS) is 13.7. The highest BCUT2D eigenvalue weighted by molar-refractivity contribution is 7.08. The average molecular weight is 478 g/mol. The second-order valence-corrected chi connectivity index (χ2v) is 8.82. The van der Waals surface area contributed by atoms with Crippen LogP contribution in [0, 0.1) is 12.8 Å². The summed E-state index contributed by atoms with van der Waals surface area (Å²) in [5, 5.41) is 10.1. The molecule has 4 aromatic heterocycles. The summed E-state index contributed by atoms with van der Waals surface area (Å²) < 4.78 is 5.45. The van der Waals surface area contributed by atoms with Crippen LogP contribution in [0.2, 0.25) is 0 Å². The lowest BCUT2D eigenvalue weighted by atomic mass is 9.92. The van der Waals surface area contributed by atoms with Crippen LogP contribution in [0.1, 0.15) is 21.6 Å². The Morgan fingerprint density at radius 1 is 1.26 bits per heavy atom. The summed E-state index contributed by atoms with van der Waals surface area (Å²) in [6.45, 7) is 2.70. The number of aromatic nitrogens is 5. The summed E-state index contributed by atoms with van der Waals surface area (Å²) in [5.74, 6) is -0.447. The lowest BCUT2D eigenvalue weighted by molar-refractivity contribution is -0.122. The Labute approximate surface area is 196 Å². The molecule has 0 saturated carbocycles. The number of nitrogens with two attached hydrogens (primary N) is 1. The molecule has 0 atom stereocenters. The van der Waals surface area contributed by atoms with Crippen LogP contribution in [0.5, 0.6) is 0 Å². The summed E-state index contributed by atoms with van der Waals surface area (Å²) in [6, 6.07) is 6.96. The fourth-order valence-corrected chi connectivity index (χ4v) is 4.51. The van der Waals surface area contributed by atoms with Gasteiger partial charge < -0.3 is 15.7 Å². The Balaban J connectivity index is 1.46. The topological polar surface area (TPSA) is 157 Å². The number of Topliss-reactive ketones (excluding diaryl/α,β-unsaturated/α-hetero) is 1. The van der Waals surface area contributed by atoms with Gasteiger partial charge in [0.05, 0.1) is 17.0 Å². The van der Waals surface area contributed by atoms with E-state index >= 15 is 0 Å². The molecule has 34 heavy (non-hydrogen) atoms. The van der Waals surface area contributed by atoms with Gasteiger partial charge in [0.1, 0.15) is 29.3 Å². The molecular weight excluding hydrogens is 458 g/mol. The zero-order valence-corrected chi connectivity index (χ0v) is 18.8. The maximum absolute atomic E-state index is 12.9. The van der Waals surface area contributed by atoms with Gasteiger partial charge in [-0.15, -0.1) is 0 Å². The second kappa shape index (κ2) is 8.30. The summed E-state index contributed by atoms with van der Waals surface area (Å²) >= 11 is 1.06. The first kappa shape index (κ1) is 21.6. The molecule has 0 amide bonds. The van der Waals surface area contributed by atoms with Crippen LogP contribution in [0.4, 0.5) is 11.6 Å². The van der Waals surface area contributed by atoms with Gasteiger partial charge in [0.2, 0.25) is 10.6 Å². The van der Waals surface area contributed by atoms with E-state index in [-0.39, 0.29) is 29.1 Å². The van der Waals surface area contributed by atoms with E-state index < -0.39 is 11.4 Å². The smallest absolute Gasteiger partial charge is 0.341 e. The minimum Gasteiger partial charge on any atom is -0.477 e. The number of pyridine rings is 3. The van der Waals surface area contributed by atoms with Crippen LogP contribution in [0.25, 0.3) is 16.2 Å². The number of aromatic carboxylic acids is 1. The molecule has 0 aliphatic carbocycles. The molecule has 3 N–H and O–H groups in total. The van der Waals surface area contributed by atoms with Gasteiger partial charge in [-0.2, -0.15) is 4.37 Å². The molecule has 1 fully saturated rings. The molecule has 12 heteroatoms. The van der Waals surface area contributed by atoms with Crippen molar-refractivity contribution in [2.75, 3.05) is 23.7 Å². The molecule has 1 aliphatic rings. The molecule has 1 saturated heterocycles. The number of anilines is 2. The van der Waals surface area contributed by atoms with Crippen LogP contribution in [0.15, 0.2) is 41.6 Å². The highest BCUT2D eigenvalue weighted by Crippen LogP contribution is 2.29. The monoisotopic (exact) mass is 477 g/mol. The summed E-state index contributed by atoms with van der Waals surface area (Å²) in [4.78, 5) is 52.2. The number of carbonyl (C=O) groups is 2. The average Bonchev–Trinajstić information content (AvgIpc) is 3.27. The summed E-state index contributed by atoms with van der Waals surface area (Å²) in [6.07, 6.45) is 2.79. The van der Waals surface area contributed by atoms with Crippen LogP contribution in [-0.2, 0) is 11.2 Å². The van der Waals surface area contributed by atoms with Gasteiger partial charge in [-0.25, -0.2) is 19.7 Å². The highest BCUT2D eigenvalue weighted by atomic mass is 32.1. The maximum Gasteiger partial charge on any atom is 0.341 e. The van der Waals surface area contributed by atoms with Crippen molar-refractivity contribution < 1.29 is 14.7 Å². The first-order chi connectivity index (χ1) is 16.3. The van der Waals surface area contributed by atoms with Gasteiger partial charge in [-0.3, -0.25) is 14.2 Å². The van der Waals surface area contributed by atoms with Crippen molar-refractivity contribution in [1.29, 1.82) is 0 Å². The first-order valence-corrected chi connectivity index (χ1v) is 11.2. The quantitative estimate of drug-likeness (QED) is 0.417. The van der Waals surface area contributed by atoms with E-state index in [4.69, 9.17) is 5.73 Å². The third kappa shape index (κ3) is 3.77. The van der Waals surface area contributed by atoms with E-state index in [0.717, 1.165) is 11.5 Å². The standard InChI is InChI=1S/C22H19N7O4S/c1-11-5-17(28-7-12(8-28)15(30)6-13-3-2-4-16(23)26-13)27-20-18(11)19(31)14(21(32)33)9-29(20)22-24-10-25-34-22/h2-5,9-10,12H,6-8H2,1H3,(H2,23,26)(H,32,33). The Morgan fingerprint density at radius 3 is 2.74 bits per heavy atom. The van der Waals surface area contributed by atoms with Gasteiger partial charge in [-0.1, -0.05) is 6.07 Å². The molecule has 4 aromatic rings. The number of rotatable bonds is 6. The van der Waals surface area contributed by atoms with Gasteiger partial charge in [-0.05, 0) is 30.7 Å². The molecule has 1 aliphatic heterocycles. The molecule has 5 heterocycles. The number of nitrogen functional groups attached to an aromatic ring is 1. The lowest BCUT2D eigenvalue weighted by Crippen LogP contribution is -2.51. The van der Waals surface area contributed by atoms with E-state index in [9.17, 15) is 19.5 Å². The molecule has 0 radical (unpaired) electrons. The molecule has 0 aromatic carbocycles. The van der Waals surface area contributed by atoms with Crippen molar-refractivity contribution in [3.63, 3.8) is 0 Å². The SMILES string of the molecule is Cc1cc(N2CC(C(=O)Cc3cccc(N)n3)C2)nc2c1c(=O)c(C(=O)O)cn2-c1ncns1. The first-order valence-electron chi connectivity index (χ1n) is 10.4. The predicted molar refractivity (Wildman–Crippen MR) is 126 cm³/mol. The van der Waals surface area contributed by atoms with Crippen molar-refractivity contribution >= 4 is 46.0 Å². The third-order valence-corrected chi connectivity index (χ3v) is 6.44. The minimum atomic E-state index is -1.33. The van der Waals surface area contributed by atoms with E-state index in [1.165, 1.54) is 17.1 Å². The number of carboxylic acid groups (broad SMARTS) is 1. The van der Waals surface area contributed by atoms with Gasteiger partial charge in [0.25, 0.3) is 0 Å². The fraction of sp³-hybridized carbons (Fsp3) is 0.227. The van der Waals surface area contributed by atoms with Crippen molar-refractivity contribution in [1.82, 2.24) is 23.9 Å². The van der Waals surface area contributed by atoms with Crippen LogP contribution >= 0.6 is 11.5 Å². The Hall–Kier alpha value is -4.19. The minimum absolute atomic E-state index is 0.0729. The molecule has 11 nitrogen and oxygen atoms in total. The number of hydrogen-bond acceptors (Lipinski definition) is 10. The predicted octanol–water partition coefficient (Wildman–Crippen LogP) is 1.47. The lowest BCUT2D eigenvalue weighted by Gasteiger charge is -2.39. The molecule has 5 rings (SSSR count). The van der Waals surface area contributed by atoms with Crippen molar-refractivity contribution in [3.05, 3.63) is 63.8 Å². The summed E-state index contributed by atoms with van der Waals surface area (Å²) in [5.41, 5.74) is 6.24. The Bertz CT molecular complexity index is 1490. The Morgan fingerprint density at radius 2 is 2.06 bits per heavy atom. The van der Waals surface area contributed by atoms with Crippen LogP contribution in [-0.4, -0.2) is 53.8 Å². The number of nitrogens with zero attached hydrogens (tertiary/aromatic N) is 6. The molecule has 0 spiro atoms. The van der Waals surface area contributed by atoms with Crippen molar-refractivity contribution in [2.24, 2.45) is 5.92 Å². The van der Waals surface area contributed by atoms with E-state index in [2.05, 4.69) is 19.3 Å². The maximum atomic E-state index is 12.9. The summed E-state index contributed by atoms with van der Waals surface area (Å²) in [7, 11) is 0. The van der Waals surface area contributed by atoms with Crippen LogP contribution in [0.3, 0.4) is 0 Å². The van der Waals surface area contributed by atoms with Crippen molar-refractivity contribution in [2.45, 2.75) is 13.3 Å². The number of ketones is 1. The zero-order chi connectivity index (χ0) is 24.0. The zero-order valence-electron chi connectivity index (χ0n) is 18.0. The molecule has 172 valence electrons. The second-order valence-electron chi connectivity index (χ2n) is 8.07. The number of carbonyl (C=O) groups excluding carboxylic acids is 1. The van der Waals surface area contributed by atoms with Gasteiger partial charge in [0, 0.05) is 37.2 Å². The largest absolute Gasteiger partial charge is 0.477 e. The van der Waals surface area contributed by atoms with E-state index in [1.807, 2.05) is 4.90 Å². The molecule has 0 unspecified atom stereocenters. The number of hydrogen-bond donors (Lipinski definition) is 2. The van der Waals surface area contributed by atoms with E-state index in [1.54, 1.807) is 31.2 Å².